The Bertz CT molecular complexity index is 465. The molecule has 0 heterocycles. The number of benzene rings is 1. The molecular formula is C9H10F3NO2S. The second-order valence-corrected chi connectivity index (χ2v) is 5.22. The Kier molecular flexibility index (Phi) is 3.79. The molecule has 90 valence electrons. The fraction of sp³-hybridized carbons (Fsp3) is 0.333. The van der Waals surface area contributed by atoms with Gasteiger partial charge in [-0.05, 0) is 18.6 Å². The molecule has 0 saturated carbocycles. The maximum atomic E-state index is 13.2. The van der Waals surface area contributed by atoms with E-state index >= 15 is 0 Å². The fourth-order valence-corrected chi connectivity index (χ4v) is 2.63. The van der Waals surface area contributed by atoms with Crippen LogP contribution in [0.5, 0.6) is 0 Å². The average Bonchev–Trinajstić information content (AvgIpc) is 2.12. The third-order valence-corrected chi connectivity index (χ3v) is 3.72. The van der Waals surface area contributed by atoms with E-state index in [-0.39, 0.29) is 12.1 Å². The van der Waals surface area contributed by atoms with Gasteiger partial charge >= 0.3 is 0 Å². The van der Waals surface area contributed by atoms with Crippen LogP contribution in [-0.2, 0) is 9.84 Å². The zero-order valence-electron chi connectivity index (χ0n) is 8.21. The number of nitrogens with two attached hydrogens (primary N) is 1. The van der Waals surface area contributed by atoms with Crippen LogP contribution in [0.4, 0.5) is 18.9 Å². The first-order valence-corrected chi connectivity index (χ1v) is 6.07. The van der Waals surface area contributed by atoms with Crippen molar-refractivity contribution < 1.29 is 21.6 Å². The minimum absolute atomic E-state index is 0.209. The van der Waals surface area contributed by atoms with Crippen LogP contribution in [0, 0.1) is 11.6 Å². The van der Waals surface area contributed by atoms with Crippen molar-refractivity contribution in [1.82, 2.24) is 0 Å². The summed E-state index contributed by atoms with van der Waals surface area (Å²) in [6.45, 7) is -0.864. The summed E-state index contributed by atoms with van der Waals surface area (Å²) in [5.74, 6) is -3.14. The molecular weight excluding hydrogens is 243 g/mol. The predicted octanol–water partition coefficient (Wildman–Crippen LogP) is 1.68. The molecule has 0 amide bonds. The molecule has 0 aliphatic carbocycles. The zero-order valence-corrected chi connectivity index (χ0v) is 9.03. The van der Waals surface area contributed by atoms with E-state index in [0.717, 1.165) is 0 Å². The van der Waals surface area contributed by atoms with Gasteiger partial charge in [-0.25, -0.2) is 17.2 Å². The van der Waals surface area contributed by atoms with Gasteiger partial charge in [-0.1, -0.05) is 0 Å². The first-order chi connectivity index (χ1) is 7.38. The predicted molar refractivity (Wildman–Crippen MR) is 53.4 cm³/mol. The number of anilines is 1. The molecule has 0 atom stereocenters. The summed E-state index contributed by atoms with van der Waals surface area (Å²) >= 11 is 0. The lowest BCUT2D eigenvalue weighted by Gasteiger charge is -2.06. The first kappa shape index (κ1) is 12.8. The zero-order chi connectivity index (χ0) is 12.3. The van der Waals surface area contributed by atoms with Gasteiger partial charge < -0.3 is 5.73 Å². The maximum Gasteiger partial charge on any atom is 0.184 e. The second-order valence-electron chi connectivity index (χ2n) is 3.18. The lowest BCUT2D eigenvalue weighted by Crippen LogP contribution is -2.12. The molecule has 1 aromatic rings. The molecule has 0 aliphatic rings. The Morgan fingerprint density at radius 2 is 1.69 bits per heavy atom. The molecule has 0 spiro atoms. The molecule has 0 saturated heterocycles. The van der Waals surface area contributed by atoms with E-state index in [9.17, 15) is 21.6 Å². The molecule has 16 heavy (non-hydrogen) atoms. The molecule has 0 bridgehead atoms. The van der Waals surface area contributed by atoms with Crippen molar-refractivity contribution in [3.63, 3.8) is 0 Å². The highest BCUT2D eigenvalue weighted by atomic mass is 32.2. The molecule has 7 heteroatoms. The highest BCUT2D eigenvalue weighted by Crippen LogP contribution is 2.23. The molecule has 2 N–H and O–H groups in total. The van der Waals surface area contributed by atoms with Crippen LogP contribution < -0.4 is 5.73 Å². The topological polar surface area (TPSA) is 60.2 Å². The van der Waals surface area contributed by atoms with Crippen molar-refractivity contribution in [2.24, 2.45) is 0 Å². The van der Waals surface area contributed by atoms with Crippen LogP contribution in [0.25, 0.3) is 0 Å². The standard InChI is InChI=1S/C9H10F3NO2S/c10-2-1-3-16(14,15)9-7(11)4-6(13)5-8(9)12/h4-5H,1-3,13H2. The number of sulfone groups is 1. The van der Waals surface area contributed by atoms with Crippen LogP contribution in [0.3, 0.4) is 0 Å². The molecule has 0 radical (unpaired) electrons. The number of rotatable bonds is 4. The van der Waals surface area contributed by atoms with Crippen LogP contribution in [0.15, 0.2) is 17.0 Å². The van der Waals surface area contributed by atoms with Crippen LogP contribution in [-0.4, -0.2) is 20.8 Å². The van der Waals surface area contributed by atoms with Gasteiger partial charge in [0.25, 0.3) is 0 Å². The van der Waals surface area contributed by atoms with E-state index in [2.05, 4.69) is 0 Å². The molecule has 0 unspecified atom stereocenters. The van der Waals surface area contributed by atoms with E-state index in [1.807, 2.05) is 0 Å². The van der Waals surface area contributed by atoms with Crippen molar-refractivity contribution >= 4 is 15.5 Å². The normalized spacial score (nSPS) is 11.7. The molecule has 0 fully saturated rings. The van der Waals surface area contributed by atoms with Crippen molar-refractivity contribution in [3.05, 3.63) is 23.8 Å². The molecule has 1 rings (SSSR count). The Hall–Kier alpha value is -1.24. The van der Waals surface area contributed by atoms with Gasteiger partial charge in [0.05, 0.1) is 12.4 Å². The number of hydrogen-bond acceptors (Lipinski definition) is 3. The summed E-state index contributed by atoms with van der Waals surface area (Å²) in [7, 11) is -4.15. The summed E-state index contributed by atoms with van der Waals surface area (Å²) in [6, 6.07) is 1.43. The lowest BCUT2D eigenvalue weighted by atomic mass is 10.3. The van der Waals surface area contributed by atoms with E-state index in [1.54, 1.807) is 0 Å². The Balaban J connectivity index is 3.23. The fourth-order valence-electron chi connectivity index (χ4n) is 1.22. The number of nitrogen functional groups attached to an aromatic ring is 1. The van der Waals surface area contributed by atoms with E-state index < -0.39 is 38.8 Å². The average molecular weight is 253 g/mol. The smallest absolute Gasteiger partial charge is 0.184 e. The minimum atomic E-state index is -4.15. The van der Waals surface area contributed by atoms with Gasteiger partial charge in [0, 0.05) is 5.69 Å². The summed E-state index contributed by atoms with van der Waals surface area (Å²) < 4.78 is 61.2. The van der Waals surface area contributed by atoms with Crippen LogP contribution in [0.2, 0.25) is 0 Å². The van der Waals surface area contributed by atoms with Gasteiger partial charge in [-0.15, -0.1) is 0 Å². The van der Waals surface area contributed by atoms with Gasteiger partial charge in [0.15, 0.2) is 9.84 Å². The molecule has 3 nitrogen and oxygen atoms in total. The minimum Gasteiger partial charge on any atom is -0.399 e. The van der Waals surface area contributed by atoms with E-state index in [1.165, 1.54) is 0 Å². The largest absolute Gasteiger partial charge is 0.399 e. The van der Waals surface area contributed by atoms with Gasteiger partial charge in [-0.3, -0.25) is 4.39 Å². The molecule has 0 aromatic heterocycles. The number of halogens is 3. The number of hydrogen-bond donors (Lipinski definition) is 1. The van der Waals surface area contributed by atoms with Crippen LogP contribution in [0.1, 0.15) is 6.42 Å². The van der Waals surface area contributed by atoms with E-state index in [4.69, 9.17) is 5.73 Å². The maximum absolute atomic E-state index is 13.2. The van der Waals surface area contributed by atoms with Crippen molar-refractivity contribution in [2.45, 2.75) is 11.3 Å². The van der Waals surface area contributed by atoms with Crippen LogP contribution >= 0.6 is 0 Å². The first-order valence-electron chi connectivity index (χ1n) is 4.41. The van der Waals surface area contributed by atoms with Gasteiger partial charge in [-0.2, -0.15) is 0 Å². The summed E-state index contributed by atoms with van der Waals surface area (Å²) in [4.78, 5) is -1.05. The van der Waals surface area contributed by atoms with Crippen molar-refractivity contribution in [3.8, 4) is 0 Å². The third kappa shape index (κ3) is 2.66. The third-order valence-electron chi connectivity index (χ3n) is 1.88. The van der Waals surface area contributed by atoms with Gasteiger partial charge in [0.2, 0.25) is 0 Å². The summed E-state index contributed by atoms with van der Waals surface area (Å²) in [5, 5.41) is 0. The van der Waals surface area contributed by atoms with Gasteiger partial charge in [0.1, 0.15) is 16.5 Å². The monoisotopic (exact) mass is 253 g/mol. The highest BCUT2D eigenvalue weighted by Gasteiger charge is 2.24. The Morgan fingerprint density at radius 1 is 1.19 bits per heavy atom. The Labute approximate surface area is 91.0 Å². The number of alkyl halides is 1. The molecule has 1 aromatic carbocycles. The summed E-state index contributed by atoms with van der Waals surface area (Å²) in [6.07, 6.45) is -0.300. The Morgan fingerprint density at radius 3 is 2.12 bits per heavy atom. The SMILES string of the molecule is Nc1cc(F)c(S(=O)(=O)CCCF)c(F)c1. The second kappa shape index (κ2) is 4.73. The van der Waals surface area contributed by atoms with Crippen molar-refractivity contribution in [2.75, 3.05) is 18.2 Å². The quantitative estimate of drug-likeness (QED) is 0.830. The van der Waals surface area contributed by atoms with E-state index in [0.29, 0.717) is 12.1 Å². The highest BCUT2D eigenvalue weighted by molar-refractivity contribution is 7.91. The molecule has 0 aliphatic heterocycles. The van der Waals surface area contributed by atoms with Crippen molar-refractivity contribution in [1.29, 1.82) is 0 Å². The summed E-state index contributed by atoms with van der Waals surface area (Å²) in [5.41, 5.74) is 4.93. The lowest BCUT2D eigenvalue weighted by molar-refractivity contribution is 0.480.